The second-order valence-corrected chi connectivity index (χ2v) is 3.98. The van der Waals surface area contributed by atoms with Crippen LogP contribution >= 0.6 is 0 Å². The molecule has 0 bridgehead atoms. The fraction of sp³-hybridized carbons (Fsp3) is 0.500. The molecule has 2 atom stereocenters. The highest BCUT2D eigenvalue weighted by Gasteiger charge is 2.31. The number of benzene rings is 1. The van der Waals surface area contributed by atoms with E-state index in [0.29, 0.717) is 12.2 Å². The van der Waals surface area contributed by atoms with Gasteiger partial charge >= 0.3 is 6.18 Å². The lowest BCUT2D eigenvalue weighted by Crippen LogP contribution is -3.00. The van der Waals surface area contributed by atoms with Crippen molar-refractivity contribution in [2.24, 2.45) is 0 Å². The van der Waals surface area contributed by atoms with Crippen LogP contribution in [0.25, 0.3) is 0 Å². The molecule has 0 amide bonds. The first kappa shape index (κ1) is 17.2. The molecule has 0 radical (unpaired) electrons. The van der Waals surface area contributed by atoms with E-state index >= 15 is 0 Å². The fourth-order valence-electron chi connectivity index (χ4n) is 1.66. The number of rotatable bonds is 4. The first-order valence-electron chi connectivity index (χ1n) is 5.48. The molecule has 1 aromatic carbocycles. The van der Waals surface area contributed by atoms with Crippen molar-refractivity contribution >= 4 is 0 Å². The van der Waals surface area contributed by atoms with Crippen LogP contribution in [0.5, 0.6) is 0 Å². The Morgan fingerprint density at radius 2 is 1.94 bits per heavy atom. The zero-order valence-electron chi connectivity index (χ0n) is 10.3. The predicted molar refractivity (Wildman–Crippen MR) is 58.2 cm³/mol. The van der Waals surface area contributed by atoms with Crippen LogP contribution in [-0.4, -0.2) is 12.6 Å². The lowest BCUT2D eigenvalue weighted by molar-refractivity contribution is -0.435. The molecule has 0 aliphatic heterocycles. The Hall–Kier alpha value is -0.780. The van der Waals surface area contributed by atoms with Crippen LogP contribution in [0.1, 0.15) is 31.1 Å². The molecule has 2 nitrogen and oxygen atoms in total. The van der Waals surface area contributed by atoms with Gasteiger partial charge < -0.3 is 22.9 Å². The summed E-state index contributed by atoms with van der Waals surface area (Å²) in [5, 5.41) is 0. The van der Waals surface area contributed by atoms with Crippen molar-refractivity contribution in [2.45, 2.75) is 32.2 Å². The maximum absolute atomic E-state index is 12.6. The van der Waals surface area contributed by atoms with Gasteiger partial charge in [0.05, 0.1) is 5.56 Å². The van der Waals surface area contributed by atoms with Crippen molar-refractivity contribution < 1.29 is 36.0 Å². The van der Waals surface area contributed by atoms with E-state index in [1.165, 1.54) is 6.07 Å². The van der Waals surface area contributed by atoms with Gasteiger partial charge in [-0.2, -0.15) is 13.2 Å². The van der Waals surface area contributed by atoms with Crippen molar-refractivity contribution in [1.82, 2.24) is 0 Å². The Kier molecular flexibility index (Phi) is 6.67. The summed E-state index contributed by atoms with van der Waals surface area (Å²) in [6.07, 6.45) is -4.72. The molecule has 18 heavy (non-hydrogen) atoms. The molecule has 2 unspecified atom stereocenters. The first-order valence-corrected chi connectivity index (χ1v) is 5.48. The van der Waals surface area contributed by atoms with E-state index in [9.17, 15) is 13.2 Å². The highest BCUT2D eigenvalue weighted by atomic mass is 35.5. The topological polar surface area (TPSA) is 36.9 Å². The average Bonchev–Trinajstić information content (AvgIpc) is 2.24. The molecule has 0 heterocycles. The summed E-state index contributed by atoms with van der Waals surface area (Å²) < 4.78 is 43.1. The highest BCUT2D eigenvalue weighted by Crippen LogP contribution is 2.31. The number of hydrogen-bond acceptors (Lipinski definition) is 1. The number of ether oxygens (including phenoxy) is 1. The van der Waals surface area contributed by atoms with Crippen molar-refractivity contribution in [3.8, 4) is 0 Å². The van der Waals surface area contributed by atoms with Gasteiger partial charge in [-0.15, -0.1) is 0 Å². The van der Waals surface area contributed by atoms with E-state index in [1.54, 1.807) is 6.07 Å². The molecule has 0 aliphatic carbocycles. The van der Waals surface area contributed by atoms with Crippen LogP contribution in [0.15, 0.2) is 24.3 Å². The summed E-state index contributed by atoms with van der Waals surface area (Å²) >= 11 is 0. The summed E-state index contributed by atoms with van der Waals surface area (Å²) in [6, 6.07) is 5.10. The average molecular weight is 284 g/mol. The van der Waals surface area contributed by atoms with E-state index in [0.717, 1.165) is 12.1 Å². The SMILES string of the molecule is CCOC(c1cccc(C(F)(F)F)c1)C(C)[NH3+].[Cl-]. The van der Waals surface area contributed by atoms with Crippen LogP contribution in [0.4, 0.5) is 13.2 Å². The largest absolute Gasteiger partial charge is 1.00 e. The van der Waals surface area contributed by atoms with Gasteiger partial charge in [0.2, 0.25) is 0 Å². The van der Waals surface area contributed by atoms with Gasteiger partial charge in [0.1, 0.15) is 12.1 Å². The number of quaternary nitrogens is 1. The number of hydrogen-bond donors (Lipinski definition) is 1. The van der Waals surface area contributed by atoms with Gasteiger partial charge in [-0.1, -0.05) is 12.1 Å². The Morgan fingerprint density at radius 1 is 1.33 bits per heavy atom. The van der Waals surface area contributed by atoms with Gasteiger partial charge in [-0.3, -0.25) is 0 Å². The van der Waals surface area contributed by atoms with E-state index in [1.807, 2.05) is 13.8 Å². The van der Waals surface area contributed by atoms with Crippen molar-refractivity contribution in [2.75, 3.05) is 6.61 Å². The molecule has 0 spiro atoms. The van der Waals surface area contributed by atoms with Crippen LogP contribution < -0.4 is 18.1 Å². The second kappa shape index (κ2) is 6.97. The summed E-state index contributed by atoms with van der Waals surface area (Å²) in [5.74, 6) is 0. The molecular formula is C12H17ClF3NO. The Labute approximate surface area is 111 Å². The van der Waals surface area contributed by atoms with E-state index in [2.05, 4.69) is 5.73 Å². The maximum Gasteiger partial charge on any atom is 0.416 e. The van der Waals surface area contributed by atoms with Crippen LogP contribution in [0.3, 0.4) is 0 Å². The minimum Gasteiger partial charge on any atom is -1.00 e. The highest BCUT2D eigenvalue weighted by molar-refractivity contribution is 5.27. The number of alkyl halides is 3. The maximum atomic E-state index is 12.6. The van der Waals surface area contributed by atoms with Gasteiger partial charge in [-0.25, -0.2) is 0 Å². The molecule has 104 valence electrons. The molecule has 3 N–H and O–H groups in total. The smallest absolute Gasteiger partial charge is 0.416 e. The van der Waals surface area contributed by atoms with Crippen LogP contribution in [0.2, 0.25) is 0 Å². The normalized spacial score (nSPS) is 14.8. The van der Waals surface area contributed by atoms with Crippen LogP contribution in [0, 0.1) is 0 Å². The van der Waals surface area contributed by atoms with E-state index < -0.39 is 17.8 Å². The molecule has 1 rings (SSSR count). The Balaban J connectivity index is 0.00000289. The van der Waals surface area contributed by atoms with E-state index in [4.69, 9.17) is 4.74 Å². The van der Waals surface area contributed by atoms with Crippen molar-refractivity contribution in [3.05, 3.63) is 35.4 Å². The van der Waals surface area contributed by atoms with Crippen LogP contribution in [-0.2, 0) is 10.9 Å². The minimum atomic E-state index is -4.32. The lowest BCUT2D eigenvalue weighted by atomic mass is 10.0. The molecule has 0 saturated heterocycles. The lowest BCUT2D eigenvalue weighted by Gasteiger charge is -2.19. The summed E-state index contributed by atoms with van der Waals surface area (Å²) in [4.78, 5) is 0. The monoisotopic (exact) mass is 283 g/mol. The van der Waals surface area contributed by atoms with Crippen molar-refractivity contribution in [3.63, 3.8) is 0 Å². The minimum absolute atomic E-state index is 0. The third kappa shape index (κ3) is 4.48. The van der Waals surface area contributed by atoms with Gasteiger partial charge in [0.25, 0.3) is 0 Å². The molecule has 0 fully saturated rings. The Morgan fingerprint density at radius 3 is 2.39 bits per heavy atom. The molecule has 6 heteroatoms. The molecule has 0 aromatic heterocycles. The molecule has 1 aromatic rings. The van der Waals surface area contributed by atoms with E-state index in [-0.39, 0.29) is 18.4 Å². The van der Waals surface area contributed by atoms with Gasteiger partial charge in [0, 0.05) is 6.61 Å². The summed E-state index contributed by atoms with van der Waals surface area (Å²) in [5.41, 5.74) is 3.68. The zero-order valence-corrected chi connectivity index (χ0v) is 11.1. The molecule has 0 aliphatic rings. The van der Waals surface area contributed by atoms with Crippen molar-refractivity contribution in [1.29, 1.82) is 0 Å². The van der Waals surface area contributed by atoms with Gasteiger partial charge in [-0.05, 0) is 31.5 Å². The summed E-state index contributed by atoms with van der Waals surface area (Å²) in [7, 11) is 0. The molecule has 0 saturated carbocycles. The Bertz CT molecular complexity index is 369. The second-order valence-electron chi connectivity index (χ2n) is 3.98. The summed E-state index contributed by atoms with van der Waals surface area (Å²) in [6.45, 7) is 4.07. The predicted octanol–water partition coefficient (Wildman–Crippen LogP) is -0.583. The zero-order chi connectivity index (χ0) is 13.1. The third-order valence-electron chi connectivity index (χ3n) is 2.41. The van der Waals surface area contributed by atoms with Gasteiger partial charge in [0.15, 0.2) is 0 Å². The fourth-order valence-corrected chi connectivity index (χ4v) is 1.66. The molecular weight excluding hydrogens is 267 g/mol. The third-order valence-corrected chi connectivity index (χ3v) is 2.41. The first-order chi connectivity index (χ1) is 7.86. The number of halogens is 4. The quantitative estimate of drug-likeness (QED) is 0.789. The standard InChI is InChI=1S/C12H16F3NO.ClH/c1-3-17-11(8(2)16)9-5-4-6-10(7-9)12(13,14)15;/h4-8,11H,3,16H2,1-2H3;1H.